The molecule has 2 aromatic rings. The molecule has 0 radical (unpaired) electrons. The molecule has 7 nitrogen and oxygen atoms in total. The summed E-state index contributed by atoms with van der Waals surface area (Å²) in [5.41, 5.74) is 2.86. The normalized spacial score (nSPS) is 19.8. The fraction of sp³-hybridized carbons (Fsp3) is 0.455. The average molecular weight is 431 g/mol. The van der Waals surface area contributed by atoms with E-state index in [4.69, 9.17) is 9.26 Å². The molecule has 1 saturated heterocycles. The van der Waals surface area contributed by atoms with Crippen LogP contribution in [0.2, 0.25) is 0 Å². The zero-order chi connectivity index (χ0) is 21.1. The Hall–Kier alpha value is -2.61. The molecule has 0 N–H and O–H groups in total. The molecule has 1 aromatic heterocycles. The van der Waals surface area contributed by atoms with Gasteiger partial charge in [0.25, 0.3) is 5.91 Å². The summed E-state index contributed by atoms with van der Waals surface area (Å²) >= 11 is 0. The maximum absolute atomic E-state index is 12.9. The van der Waals surface area contributed by atoms with Crippen molar-refractivity contribution >= 4 is 15.7 Å². The van der Waals surface area contributed by atoms with E-state index in [-0.39, 0.29) is 42.3 Å². The SMILES string of the molecule is C=CCN(C(=O)c1cc(COc2ccc3c(c2)CCCC3)on1)[C@@H]1CCS(=O)(=O)C1. The number of aromatic nitrogens is 1. The molecule has 30 heavy (non-hydrogen) atoms. The lowest BCUT2D eigenvalue weighted by atomic mass is 9.92. The molecule has 1 aromatic carbocycles. The average Bonchev–Trinajstić information content (AvgIpc) is 3.36. The van der Waals surface area contributed by atoms with Gasteiger partial charge in [0, 0.05) is 18.7 Å². The molecule has 1 aliphatic heterocycles. The van der Waals surface area contributed by atoms with Crippen LogP contribution in [0.4, 0.5) is 0 Å². The summed E-state index contributed by atoms with van der Waals surface area (Å²) < 4.78 is 34.7. The Morgan fingerprint density at radius 1 is 1.27 bits per heavy atom. The van der Waals surface area contributed by atoms with Crippen molar-refractivity contribution < 1.29 is 22.5 Å². The molecule has 0 spiro atoms. The van der Waals surface area contributed by atoms with E-state index in [0.29, 0.717) is 12.2 Å². The number of carbonyl (C=O) groups excluding carboxylic acids is 1. The van der Waals surface area contributed by atoms with E-state index in [1.54, 1.807) is 12.1 Å². The van der Waals surface area contributed by atoms with Crippen LogP contribution in [0.3, 0.4) is 0 Å². The largest absolute Gasteiger partial charge is 0.486 e. The molecule has 0 saturated carbocycles. The molecule has 0 unspecified atom stereocenters. The van der Waals surface area contributed by atoms with Crippen molar-refractivity contribution in [1.82, 2.24) is 10.1 Å². The Morgan fingerprint density at radius 3 is 2.80 bits per heavy atom. The number of nitrogens with zero attached hydrogens (tertiary/aromatic N) is 2. The first-order chi connectivity index (χ1) is 14.4. The second-order valence-electron chi connectivity index (χ2n) is 7.91. The number of fused-ring (bicyclic) bond motifs is 1. The van der Waals surface area contributed by atoms with Gasteiger partial charge in [-0.3, -0.25) is 4.79 Å². The standard InChI is InChI=1S/C22H26N2O5S/c1-2-10-24(18-9-11-30(26,27)15-18)22(25)21-13-20(29-23-21)14-28-19-8-7-16-5-3-4-6-17(16)12-19/h2,7-8,12-13,18H,1,3-6,9-11,14-15H2/t18-/m1/s1. The van der Waals surface area contributed by atoms with Gasteiger partial charge >= 0.3 is 0 Å². The third kappa shape index (κ3) is 4.59. The Labute approximate surface area is 176 Å². The van der Waals surface area contributed by atoms with E-state index < -0.39 is 9.84 Å². The van der Waals surface area contributed by atoms with Gasteiger partial charge in [-0.25, -0.2) is 8.42 Å². The number of sulfone groups is 1. The van der Waals surface area contributed by atoms with Gasteiger partial charge in [-0.15, -0.1) is 6.58 Å². The lowest BCUT2D eigenvalue weighted by Crippen LogP contribution is -2.41. The summed E-state index contributed by atoms with van der Waals surface area (Å²) in [4.78, 5) is 14.4. The number of aryl methyl sites for hydroxylation is 2. The quantitative estimate of drug-likeness (QED) is 0.628. The number of benzene rings is 1. The minimum atomic E-state index is -3.11. The lowest BCUT2D eigenvalue weighted by Gasteiger charge is -2.25. The molecule has 1 aliphatic carbocycles. The van der Waals surface area contributed by atoms with Crippen LogP contribution >= 0.6 is 0 Å². The predicted octanol–water partition coefficient (Wildman–Crippen LogP) is 2.95. The predicted molar refractivity (Wildman–Crippen MR) is 112 cm³/mol. The summed E-state index contributed by atoms with van der Waals surface area (Å²) in [5.74, 6) is 0.912. The zero-order valence-electron chi connectivity index (χ0n) is 16.9. The van der Waals surface area contributed by atoms with Gasteiger partial charge in [0.15, 0.2) is 21.3 Å². The minimum Gasteiger partial charge on any atom is -0.486 e. The topological polar surface area (TPSA) is 89.7 Å². The summed E-state index contributed by atoms with van der Waals surface area (Å²) in [7, 11) is -3.11. The van der Waals surface area contributed by atoms with Crippen LogP contribution < -0.4 is 4.74 Å². The van der Waals surface area contributed by atoms with Crippen LogP contribution in [0.1, 0.15) is 46.6 Å². The lowest BCUT2D eigenvalue weighted by molar-refractivity contribution is 0.0709. The van der Waals surface area contributed by atoms with Crippen LogP contribution in [0, 0.1) is 0 Å². The van der Waals surface area contributed by atoms with Gasteiger partial charge in [0.1, 0.15) is 12.4 Å². The molecule has 1 atom stereocenters. The molecule has 4 rings (SSSR count). The highest BCUT2D eigenvalue weighted by molar-refractivity contribution is 7.91. The fourth-order valence-electron chi connectivity index (χ4n) is 4.14. The third-order valence-corrected chi connectivity index (χ3v) is 7.47. The number of hydrogen-bond acceptors (Lipinski definition) is 6. The monoisotopic (exact) mass is 430 g/mol. The molecule has 2 aliphatic rings. The first kappa shape index (κ1) is 20.7. The number of amides is 1. The highest BCUT2D eigenvalue weighted by Crippen LogP contribution is 2.26. The van der Waals surface area contributed by atoms with Crippen LogP contribution in [0.25, 0.3) is 0 Å². The third-order valence-electron chi connectivity index (χ3n) is 5.71. The highest BCUT2D eigenvalue weighted by atomic mass is 32.2. The van der Waals surface area contributed by atoms with Crippen LogP contribution in [-0.4, -0.2) is 48.5 Å². The number of rotatable bonds is 7. The maximum Gasteiger partial charge on any atom is 0.276 e. The molecular formula is C22H26N2O5S. The van der Waals surface area contributed by atoms with Crippen molar-refractivity contribution in [2.45, 2.75) is 44.8 Å². The van der Waals surface area contributed by atoms with Crippen LogP contribution in [0.5, 0.6) is 5.75 Å². The van der Waals surface area contributed by atoms with Crippen molar-refractivity contribution in [1.29, 1.82) is 0 Å². The molecule has 1 fully saturated rings. The smallest absolute Gasteiger partial charge is 0.276 e. The fourth-order valence-corrected chi connectivity index (χ4v) is 5.87. The zero-order valence-corrected chi connectivity index (χ0v) is 17.7. The van der Waals surface area contributed by atoms with Crippen LogP contribution in [0.15, 0.2) is 41.4 Å². The summed E-state index contributed by atoms with van der Waals surface area (Å²) in [6.45, 7) is 4.10. The van der Waals surface area contributed by atoms with Crippen molar-refractivity contribution in [3.8, 4) is 5.75 Å². The molecule has 8 heteroatoms. The van der Waals surface area contributed by atoms with Crippen molar-refractivity contribution in [2.75, 3.05) is 18.1 Å². The molecule has 160 valence electrons. The van der Waals surface area contributed by atoms with Crippen LogP contribution in [-0.2, 0) is 29.3 Å². The molecule has 0 bridgehead atoms. The van der Waals surface area contributed by atoms with Gasteiger partial charge in [-0.05, 0) is 55.4 Å². The Balaban J connectivity index is 1.41. The molecule has 1 amide bonds. The first-order valence-corrected chi connectivity index (χ1v) is 12.1. The van der Waals surface area contributed by atoms with Crippen molar-refractivity contribution in [3.63, 3.8) is 0 Å². The maximum atomic E-state index is 12.9. The van der Waals surface area contributed by atoms with Gasteiger partial charge in [-0.2, -0.15) is 0 Å². The van der Waals surface area contributed by atoms with Gasteiger partial charge in [0.05, 0.1) is 11.5 Å². The second kappa shape index (κ2) is 8.63. The molecular weight excluding hydrogens is 404 g/mol. The summed E-state index contributed by atoms with van der Waals surface area (Å²) in [6, 6.07) is 7.33. The van der Waals surface area contributed by atoms with Gasteiger partial charge in [0.2, 0.25) is 0 Å². The van der Waals surface area contributed by atoms with E-state index >= 15 is 0 Å². The van der Waals surface area contributed by atoms with E-state index in [1.165, 1.54) is 28.9 Å². The van der Waals surface area contributed by atoms with E-state index in [0.717, 1.165) is 18.6 Å². The second-order valence-corrected chi connectivity index (χ2v) is 10.1. The minimum absolute atomic E-state index is 0.0290. The van der Waals surface area contributed by atoms with E-state index in [2.05, 4.69) is 23.9 Å². The number of ether oxygens (including phenoxy) is 1. The molecule has 2 heterocycles. The Bertz CT molecular complexity index is 1040. The number of carbonyl (C=O) groups is 1. The Kier molecular flexibility index (Phi) is 5.94. The Morgan fingerprint density at radius 2 is 2.07 bits per heavy atom. The highest BCUT2D eigenvalue weighted by Gasteiger charge is 2.35. The van der Waals surface area contributed by atoms with Crippen molar-refractivity contribution in [3.05, 3.63) is 59.5 Å². The number of hydrogen-bond donors (Lipinski definition) is 0. The van der Waals surface area contributed by atoms with Gasteiger partial charge in [-0.1, -0.05) is 17.3 Å². The first-order valence-electron chi connectivity index (χ1n) is 10.3. The summed E-state index contributed by atoms with van der Waals surface area (Å²) in [6.07, 6.45) is 6.64. The van der Waals surface area contributed by atoms with E-state index in [1.807, 2.05) is 6.07 Å². The van der Waals surface area contributed by atoms with E-state index in [9.17, 15) is 13.2 Å². The summed E-state index contributed by atoms with van der Waals surface area (Å²) in [5, 5.41) is 3.88. The van der Waals surface area contributed by atoms with Crippen molar-refractivity contribution in [2.24, 2.45) is 0 Å². The van der Waals surface area contributed by atoms with Gasteiger partial charge < -0.3 is 14.2 Å².